The molecule has 0 spiro atoms. The molecule has 3 heterocycles. The highest BCUT2D eigenvalue weighted by molar-refractivity contribution is 6.09. The predicted octanol–water partition coefficient (Wildman–Crippen LogP) is 2.94. The third-order valence-electron chi connectivity index (χ3n) is 7.55. The Balaban J connectivity index is 1.52. The zero-order valence-corrected chi connectivity index (χ0v) is 21.7. The van der Waals surface area contributed by atoms with Gasteiger partial charge in [0.25, 0.3) is 11.8 Å². The topological polar surface area (TPSA) is 102 Å². The molecule has 2 N–H and O–H groups in total. The summed E-state index contributed by atoms with van der Waals surface area (Å²) in [6.45, 7) is 2.38. The number of hydrogen-bond donors (Lipinski definition) is 2. The van der Waals surface area contributed by atoms with Crippen molar-refractivity contribution in [2.75, 3.05) is 26.8 Å². The van der Waals surface area contributed by atoms with Crippen LogP contribution < -0.4 is 20.1 Å². The van der Waals surface area contributed by atoms with Gasteiger partial charge >= 0.3 is 0 Å². The second-order valence-corrected chi connectivity index (χ2v) is 9.75. The minimum Gasteiger partial charge on any atom is -0.497 e. The number of ether oxygens (including phenoxy) is 2. The largest absolute Gasteiger partial charge is 0.497 e. The van der Waals surface area contributed by atoms with Gasteiger partial charge in [0.05, 0.1) is 24.8 Å². The Morgan fingerprint density at radius 1 is 1.11 bits per heavy atom. The highest BCUT2D eigenvalue weighted by Crippen LogP contribution is 2.34. The van der Waals surface area contributed by atoms with E-state index in [1.807, 2.05) is 36.7 Å². The molecule has 1 fully saturated rings. The summed E-state index contributed by atoms with van der Waals surface area (Å²) in [7, 11) is 3.49. The number of carbonyl (C=O) groups is 3. The van der Waals surface area contributed by atoms with Crippen molar-refractivity contribution in [1.29, 1.82) is 0 Å². The summed E-state index contributed by atoms with van der Waals surface area (Å²) in [5.41, 5.74) is 2.31. The van der Waals surface area contributed by atoms with Gasteiger partial charge in [-0.05, 0) is 56.2 Å². The van der Waals surface area contributed by atoms with Crippen molar-refractivity contribution >= 4 is 28.6 Å². The van der Waals surface area contributed by atoms with Crippen LogP contribution in [0.1, 0.15) is 45.7 Å². The molecule has 0 unspecified atom stereocenters. The van der Waals surface area contributed by atoms with Gasteiger partial charge in [-0.25, -0.2) is 4.39 Å². The summed E-state index contributed by atoms with van der Waals surface area (Å²) < 4.78 is 27.0. The van der Waals surface area contributed by atoms with Crippen LogP contribution in [0.5, 0.6) is 11.5 Å². The van der Waals surface area contributed by atoms with Crippen molar-refractivity contribution in [1.82, 2.24) is 20.1 Å². The zero-order valence-electron chi connectivity index (χ0n) is 21.7. The number of nitrogens with zero attached hydrogens (tertiary/aromatic N) is 2. The third-order valence-corrected chi connectivity index (χ3v) is 7.55. The fraction of sp³-hybridized carbons (Fsp3) is 0.393. The van der Waals surface area contributed by atoms with Crippen LogP contribution in [0, 0.1) is 12.7 Å². The van der Waals surface area contributed by atoms with Gasteiger partial charge in [-0.3, -0.25) is 14.4 Å². The summed E-state index contributed by atoms with van der Waals surface area (Å²) in [5, 5.41) is 6.47. The lowest BCUT2D eigenvalue weighted by molar-refractivity contribution is -0.122. The smallest absolute Gasteiger partial charge is 0.256 e. The van der Waals surface area contributed by atoms with E-state index in [2.05, 4.69) is 10.6 Å². The van der Waals surface area contributed by atoms with Crippen LogP contribution in [0.4, 0.5) is 4.39 Å². The Morgan fingerprint density at radius 3 is 2.68 bits per heavy atom. The van der Waals surface area contributed by atoms with Crippen LogP contribution >= 0.6 is 0 Å². The molecule has 3 aromatic rings. The number of rotatable bonds is 2. The van der Waals surface area contributed by atoms with Gasteiger partial charge in [0.1, 0.15) is 23.9 Å². The van der Waals surface area contributed by atoms with E-state index in [-0.39, 0.29) is 61.3 Å². The molecule has 0 aliphatic carbocycles. The molecular formula is C28H31FN4O5. The van der Waals surface area contributed by atoms with E-state index in [9.17, 15) is 18.8 Å². The summed E-state index contributed by atoms with van der Waals surface area (Å²) >= 11 is 0. The molecule has 3 amide bonds. The highest BCUT2D eigenvalue weighted by atomic mass is 19.1. The Labute approximate surface area is 219 Å². The lowest BCUT2D eigenvalue weighted by Crippen LogP contribution is -2.48. The maximum absolute atomic E-state index is 14.2. The van der Waals surface area contributed by atoms with Crippen molar-refractivity contribution in [2.45, 2.75) is 38.3 Å². The van der Waals surface area contributed by atoms with Crippen molar-refractivity contribution in [2.24, 2.45) is 7.05 Å². The first-order valence-corrected chi connectivity index (χ1v) is 12.7. The molecule has 200 valence electrons. The van der Waals surface area contributed by atoms with Crippen LogP contribution in [0.3, 0.4) is 0 Å². The number of aromatic nitrogens is 1. The molecule has 1 saturated heterocycles. The van der Waals surface area contributed by atoms with E-state index in [1.54, 1.807) is 12.0 Å². The molecule has 2 atom stereocenters. The first-order chi connectivity index (χ1) is 18.3. The van der Waals surface area contributed by atoms with Crippen LogP contribution in [0.2, 0.25) is 0 Å². The minimum atomic E-state index is -0.559. The summed E-state index contributed by atoms with van der Waals surface area (Å²) in [5.74, 6) is -0.556. The van der Waals surface area contributed by atoms with Crippen LogP contribution in [-0.2, 0) is 11.8 Å². The summed E-state index contributed by atoms with van der Waals surface area (Å²) in [6, 6.07) is 8.69. The van der Waals surface area contributed by atoms with Gasteiger partial charge in [-0.1, -0.05) is 0 Å². The molecule has 9 nitrogen and oxygen atoms in total. The number of fused-ring (bicyclic) bond motifs is 4. The maximum Gasteiger partial charge on any atom is 0.256 e. The number of hydrogen-bond acceptors (Lipinski definition) is 5. The number of aryl methyl sites for hydroxylation is 1. The standard InChI is InChI=1S/C28H31FN4O5/c1-16-26(21-14-20(37-3)7-8-23(21)32(16)2)28(36)33-18-5-6-19(33)15-31-27(35)22-12-17(29)4-9-24(22)38-11-10-30-25(34)13-18/h4,7-9,12,14,18-19H,5-6,10-11,13,15H2,1-3H3,(H,30,34)(H,31,35)/t18-,19+/m0/s1. The Kier molecular flexibility index (Phi) is 6.96. The van der Waals surface area contributed by atoms with Crippen molar-refractivity contribution in [3.05, 3.63) is 59.0 Å². The highest BCUT2D eigenvalue weighted by Gasteiger charge is 2.40. The molecule has 1 aromatic heterocycles. The lowest BCUT2D eigenvalue weighted by atomic mass is 10.1. The molecule has 38 heavy (non-hydrogen) atoms. The average molecular weight is 523 g/mol. The molecule has 2 bridgehead atoms. The third kappa shape index (κ3) is 4.66. The van der Waals surface area contributed by atoms with E-state index in [1.165, 1.54) is 12.1 Å². The number of benzene rings is 2. The second-order valence-electron chi connectivity index (χ2n) is 9.75. The first kappa shape index (κ1) is 25.6. The maximum atomic E-state index is 14.2. The monoisotopic (exact) mass is 522 g/mol. The number of halogens is 1. The predicted molar refractivity (Wildman–Crippen MR) is 139 cm³/mol. The van der Waals surface area contributed by atoms with Gasteiger partial charge in [0.2, 0.25) is 5.91 Å². The molecule has 5 rings (SSSR count). The first-order valence-electron chi connectivity index (χ1n) is 12.7. The molecule has 2 aromatic carbocycles. The molecular weight excluding hydrogens is 491 g/mol. The van der Waals surface area contributed by atoms with Gasteiger partial charge in [-0.15, -0.1) is 0 Å². The van der Waals surface area contributed by atoms with E-state index in [4.69, 9.17) is 9.47 Å². The minimum absolute atomic E-state index is 0.0674. The van der Waals surface area contributed by atoms with Crippen LogP contribution in [0.15, 0.2) is 36.4 Å². The SMILES string of the molecule is COc1ccc2c(c1)c(C(=O)N1[C@@H]3CC[C@H]1CC(=O)NCCOc1ccc(F)cc1C(=O)NC3)c(C)n2C. The van der Waals surface area contributed by atoms with E-state index in [0.29, 0.717) is 24.2 Å². The molecule has 0 saturated carbocycles. The Bertz CT molecular complexity index is 1420. The molecule has 2 aliphatic heterocycles. The van der Waals surface area contributed by atoms with Crippen molar-refractivity contribution in [3.8, 4) is 11.5 Å². The van der Waals surface area contributed by atoms with Gasteiger partial charge < -0.3 is 29.6 Å². The fourth-order valence-electron chi connectivity index (χ4n) is 5.52. The summed E-state index contributed by atoms with van der Waals surface area (Å²) in [6.07, 6.45) is 1.38. The molecule has 0 radical (unpaired) electrons. The summed E-state index contributed by atoms with van der Waals surface area (Å²) in [4.78, 5) is 41.8. The van der Waals surface area contributed by atoms with Gasteiger partial charge in [0, 0.05) is 48.7 Å². The zero-order chi connectivity index (χ0) is 27.0. The molecule has 10 heteroatoms. The van der Waals surface area contributed by atoms with Crippen molar-refractivity contribution < 1.29 is 28.2 Å². The van der Waals surface area contributed by atoms with Gasteiger partial charge in [0.15, 0.2) is 0 Å². The number of carbonyl (C=O) groups excluding carboxylic acids is 3. The molecule has 2 aliphatic rings. The average Bonchev–Trinajstić information content (AvgIpc) is 3.42. The normalized spacial score (nSPS) is 20.3. The van der Waals surface area contributed by atoms with Gasteiger partial charge in [-0.2, -0.15) is 0 Å². The Morgan fingerprint density at radius 2 is 1.89 bits per heavy atom. The van der Waals surface area contributed by atoms with E-state index >= 15 is 0 Å². The number of amides is 3. The fourth-order valence-corrected chi connectivity index (χ4v) is 5.52. The van der Waals surface area contributed by atoms with E-state index in [0.717, 1.165) is 22.7 Å². The lowest BCUT2D eigenvalue weighted by Gasteiger charge is -2.31. The van der Waals surface area contributed by atoms with Crippen LogP contribution in [0.25, 0.3) is 10.9 Å². The van der Waals surface area contributed by atoms with Crippen LogP contribution in [-0.4, -0.2) is 66.1 Å². The Hall–Kier alpha value is -4.08. The second kappa shape index (κ2) is 10.4. The number of nitrogens with one attached hydrogen (secondary N) is 2. The quantitative estimate of drug-likeness (QED) is 0.539. The van der Waals surface area contributed by atoms with Crippen molar-refractivity contribution in [3.63, 3.8) is 0 Å². The number of methoxy groups -OCH3 is 1. The van der Waals surface area contributed by atoms with E-state index < -0.39 is 11.7 Å².